The van der Waals surface area contributed by atoms with Crippen LogP contribution in [0.4, 0.5) is 31.1 Å². The Kier molecular flexibility index (Phi) is 8.23. The lowest BCUT2D eigenvalue weighted by molar-refractivity contribution is -0.200. The minimum Gasteiger partial charge on any atom is -0.481 e. The molecule has 2 aliphatic rings. The van der Waals surface area contributed by atoms with Crippen LogP contribution in [0.1, 0.15) is 55.2 Å². The molecule has 1 atom stereocenters. The first-order valence-electron chi connectivity index (χ1n) is 11.4. The number of carboxylic acids is 1. The first-order chi connectivity index (χ1) is 16.2. The minimum atomic E-state index is -4.66. The second kappa shape index (κ2) is 10.6. The summed E-state index contributed by atoms with van der Waals surface area (Å²) in [5.74, 6) is -1.52. The maximum absolute atomic E-state index is 13.6. The van der Waals surface area contributed by atoms with Gasteiger partial charge in [-0.05, 0) is 61.8 Å². The van der Waals surface area contributed by atoms with Gasteiger partial charge in [0.1, 0.15) is 0 Å². The summed E-state index contributed by atoms with van der Waals surface area (Å²) in [6, 6.07) is 3.93. The van der Waals surface area contributed by atoms with Crippen molar-refractivity contribution in [3.63, 3.8) is 0 Å². The summed E-state index contributed by atoms with van der Waals surface area (Å²) < 4.78 is 83.0. The summed E-state index contributed by atoms with van der Waals surface area (Å²) in [5, 5.41) is 9.17. The monoisotopic (exact) mass is 510 g/mol. The van der Waals surface area contributed by atoms with Crippen molar-refractivity contribution in [2.24, 2.45) is 5.92 Å². The maximum Gasteiger partial charge on any atom is 0.425 e. The smallest absolute Gasteiger partial charge is 0.425 e. The van der Waals surface area contributed by atoms with Gasteiger partial charge < -0.3 is 14.7 Å². The van der Waals surface area contributed by atoms with Crippen LogP contribution in [0.3, 0.4) is 0 Å². The number of nitrogens with zero attached hydrogens (tertiary/aromatic N) is 2. The van der Waals surface area contributed by atoms with Gasteiger partial charge in [0.2, 0.25) is 0 Å². The first-order valence-corrected chi connectivity index (χ1v) is 11.4. The number of carboxylic acid groups (broad SMARTS) is 1. The van der Waals surface area contributed by atoms with Crippen molar-refractivity contribution < 1.29 is 45.8 Å². The van der Waals surface area contributed by atoms with E-state index in [0.29, 0.717) is 36.8 Å². The normalized spacial score (nSPS) is 23.1. The van der Waals surface area contributed by atoms with Gasteiger partial charge in [-0.2, -0.15) is 26.3 Å². The van der Waals surface area contributed by atoms with Crippen molar-refractivity contribution in [1.82, 2.24) is 9.80 Å². The zero-order chi connectivity index (χ0) is 26.0. The third-order valence-corrected chi connectivity index (χ3v) is 6.67. The predicted octanol–water partition coefficient (Wildman–Crippen LogP) is 5.27. The zero-order valence-corrected chi connectivity index (χ0v) is 19.2. The van der Waals surface area contributed by atoms with Crippen molar-refractivity contribution in [2.75, 3.05) is 26.2 Å². The van der Waals surface area contributed by atoms with Crippen LogP contribution < -0.4 is 0 Å². The van der Waals surface area contributed by atoms with E-state index in [0.717, 1.165) is 24.0 Å². The van der Waals surface area contributed by atoms with Gasteiger partial charge in [0.05, 0.1) is 11.5 Å². The fourth-order valence-electron chi connectivity index (χ4n) is 4.52. The van der Waals surface area contributed by atoms with Crippen molar-refractivity contribution in [3.8, 4) is 0 Å². The third-order valence-electron chi connectivity index (χ3n) is 6.67. The molecule has 0 spiro atoms. The highest BCUT2D eigenvalue weighted by molar-refractivity contribution is 5.70. The van der Waals surface area contributed by atoms with Crippen molar-refractivity contribution in [1.29, 1.82) is 0 Å². The van der Waals surface area contributed by atoms with Crippen LogP contribution in [0.15, 0.2) is 18.2 Å². The van der Waals surface area contributed by atoms with E-state index in [2.05, 4.69) is 4.74 Å². The van der Waals surface area contributed by atoms with E-state index >= 15 is 0 Å². The second-order valence-corrected chi connectivity index (χ2v) is 9.18. The van der Waals surface area contributed by atoms with Gasteiger partial charge in [-0.3, -0.25) is 9.69 Å². The first kappa shape index (κ1) is 27.1. The number of carbonyl (C=O) groups is 2. The number of hydrogen-bond donors (Lipinski definition) is 1. The molecule has 1 amide bonds. The zero-order valence-electron chi connectivity index (χ0n) is 19.2. The van der Waals surface area contributed by atoms with Crippen LogP contribution in [0, 0.1) is 5.92 Å². The van der Waals surface area contributed by atoms with Crippen LogP contribution >= 0.6 is 0 Å². The van der Waals surface area contributed by atoms with Crippen molar-refractivity contribution >= 4 is 12.1 Å². The molecule has 1 aliphatic carbocycles. The summed E-state index contributed by atoms with van der Waals surface area (Å²) in [5.41, 5.74) is 0.202. The van der Waals surface area contributed by atoms with E-state index in [1.54, 1.807) is 6.07 Å². The predicted molar refractivity (Wildman–Crippen MR) is 113 cm³/mol. The molecule has 1 aliphatic heterocycles. The molecule has 1 unspecified atom stereocenters. The number of rotatable bonds is 5. The lowest BCUT2D eigenvalue weighted by Gasteiger charge is -2.35. The lowest BCUT2D eigenvalue weighted by Crippen LogP contribution is -2.49. The average molecular weight is 510 g/mol. The average Bonchev–Trinajstić information content (AvgIpc) is 2.78. The number of piperazine rings is 1. The fraction of sp³-hybridized carbons (Fsp3) is 0.652. The molecule has 196 valence electrons. The number of aliphatic carboxylic acids is 1. The molecular formula is C23H28F6N2O4. The Labute approximate surface area is 198 Å². The van der Waals surface area contributed by atoms with Gasteiger partial charge in [0.25, 0.3) is 0 Å². The molecule has 2 fully saturated rings. The van der Waals surface area contributed by atoms with E-state index in [4.69, 9.17) is 5.11 Å². The SMILES string of the molecule is CC(OC(=O)N1CCN(Cc2cc(C3CCC(C(=O)O)CC3)cc(C(F)(F)F)c2)CC1)C(F)(F)F. The Morgan fingerprint density at radius 1 is 1.00 bits per heavy atom. The molecular weight excluding hydrogens is 482 g/mol. The minimum absolute atomic E-state index is 0.0917. The summed E-state index contributed by atoms with van der Waals surface area (Å²) in [6.07, 6.45) is -10.7. The summed E-state index contributed by atoms with van der Waals surface area (Å²) in [4.78, 5) is 26.1. The van der Waals surface area contributed by atoms with Gasteiger partial charge in [0.15, 0.2) is 6.10 Å². The Bertz CT molecular complexity index is 904. The van der Waals surface area contributed by atoms with Gasteiger partial charge in [-0.15, -0.1) is 0 Å². The second-order valence-electron chi connectivity index (χ2n) is 9.18. The van der Waals surface area contributed by atoms with Crippen LogP contribution in [0.25, 0.3) is 0 Å². The molecule has 6 nitrogen and oxygen atoms in total. The topological polar surface area (TPSA) is 70.1 Å². The maximum atomic E-state index is 13.6. The molecule has 3 rings (SSSR count). The Balaban J connectivity index is 1.64. The number of benzene rings is 1. The van der Waals surface area contributed by atoms with Crippen molar-refractivity contribution in [2.45, 2.75) is 63.5 Å². The van der Waals surface area contributed by atoms with E-state index in [1.165, 1.54) is 0 Å². The van der Waals surface area contributed by atoms with Crippen LogP contribution in [-0.4, -0.2) is 65.4 Å². The van der Waals surface area contributed by atoms with Crippen LogP contribution in [0.2, 0.25) is 0 Å². The molecule has 1 saturated carbocycles. The van der Waals surface area contributed by atoms with Gasteiger partial charge in [-0.25, -0.2) is 4.79 Å². The number of carbonyl (C=O) groups excluding carboxylic acids is 1. The van der Waals surface area contributed by atoms with E-state index in [-0.39, 0.29) is 38.6 Å². The highest BCUT2D eigenvalue weighted by atomic mass is 19.4. The Morgan fingerprint density at radius 2 is 1.60 bits per heavy atom. The van der Waals surface area contributed by atoms with Gasteiger partial charge in [0, 0.05) is 32.7 Å². The molecule has 1 aromatic carbocycles. The van der Waals surface area contributed by atoms with Gasteiger partial charge >= 0.3 is 24.4 Å². The molecule has 12 heteroatoms. The lowest BCUT2D eigenvalue weighted by atomic mass is 9.78. The number of amides is 1. The Hall–Kier alpha value is -2.50. The van der Waals surface area contributed by atoms with Crippen molar-refractivity contribution in [3.05, 3.63) is 34.9 Å². The molecule has 1 saturated heterocycles. The number of ether oxygens (including phenoxy) is 1. The molecule has 1 heterocycles. The summed E-state index contributed by atoms with van der Waals surface area (Å²) in [7, 11) is 0. The quantitative estimate of drug-likeness (QED) is 0.547. The summed E-state index contributed by atoms with van der Waals surface area (Å²) in [6.45, 7) is 1.65. The molecule has 0 aromatic heterocycles. The van der Waals surface area contributed by atoms with E-state index in [1.807, 2.05) is 4.90 Å². The summed E-state index contributed by atoms with van der Waals surface area (Å²) >= 11 is 0. The molecule has 35 heavy (non-hydrogen) atoms. The highest BCUT2D eigenvalue weighted by Gasteiger charge is 2.40. The molecule has 0 bridgehead atoms. The van der Waals surface area contributed by atoms with Crippen LogP contribution in [0.5, 0.6) is 0 Å². The standard InChI is InChI=1S/C23H28F6N2O4/c1-14(22(24,25)26)35-21(34)31-8-6-30(7-9-31)13-15-10-18(12-19(11-15)23(27,28)29)16-2-4-17(5-3-16)20(32)33/h10-12,14,16-17H,2-9,13H2,1H3,(H,32,33). The largest absolute Gasteiger partial charge is 0.481 e. The van der Waals surface area contributed by atoms with E-state index in [9.17, 15) is 35.9 Å². The van der Waals surface area contributed by atoms with Crippen LogP contribution in [-0.2, 0) is 22.3 Å². The molecule has 0 radical (unpaired) electrons. The molecule has 1 N–H and O–H groups in total. The Morgan fingerprint density at radius 3 is 2.11 bits per heavy atom. The number of halogens is 6. The fourth-order valence-corrected chi connectivity index (χ4v) is 4.52. The van der Waals surface area contributed by atoms with Gasteiger partial charge in [-0.1, -0.05) is 6.07 Å². The van der Waals surface area contributed by atoms with E-state index < -0.39 is 42.0 Å². The third kappa shape index (κ3) is 7.25. The molecule has 1 aromatic rings. The highest BCUT2D eigenvalue weighted by Crippen LogP contribution is 2.39. The number of alkyl halides is 6. The number of hydrogen-bond acceptors (Lipinski definition) is 4.